The number of carbonyl (C=O) groups excluding carboxylic acids is 2. The van der Waals surface area contributed by atoms with Crippen LogP contribution in [0.15, 0.2) is 63.5 Å². The highest BCUT2D eigenvalue weighted by Crippen LogP contribution is 2.33. The molecule has 0 bridgehead atoms. The number of aromatic nitrogens is 1. The van der Waals surface area contributed by atoms with Crippen LogP contribution in [0.2, 0.25) is 0 Å². The van der Waals surface area contributed by atoms with Crippen LogP contribution in [0.3, 0.4) is 0 Å². The Hall–Kier alpha value is -3.98. The van der Waals surface area contributed by atoms with E-state index in [-0.39, 0.29) is 22.6 Å². The number of rotatable bonds is 4. The zero-order chi connectivity index (χ0) is 24.9. The predicted octanol–water partition coefficient (Wildman–Crippen LogP) is 2.44. The minimum absolute atomic E-state index is 0.186. The summed E-state index contributed by atoms with van der Waals surface area (Å²) >= 11 is 1.14. The van der Waals surface area contributed by atoms with E-state index in [4.69, 9.17) is 9.47 Å². The van der Waals surface area contributed by atoms with Crippen LogP contribution in [0.4, 0.5) is 5.69 Å². The fraction of sp³-hybridized carbons (Fsp3) is 0.231. The molecule has 9 heteroatoms. The molecule has 5 rings (SSSR count). The smallest absolute Gasteiger partial charge is 0.338 e. The first-order valence-electron chi connectivity index (χ1n) is 11.1. The van der Waals surface area contributed by atoms with Crippen molar-refractivity contribution in [2.75, 3.05) is 19.0 Å². The molecule has 0 saturated carbocycles. The van der Waals surface area contributed by atoms with Gasteiger partial charge in [-0.15, -0.1) is 0 Å². The normalized spacial score (nSPS) is 17.9. The summed E-state index contributed by atoms with van der Waals surface area (Å²) in [5.41, 5.74) is 3.64. The van der Waals surface area contributed by atoms with E-state index in [0.717, 1.165) is 16.9 Å². The molecular formula is C26H23N3O5S. The minimum Gasteiger partial charge on any atom is -0.497 e. The number of ether oxygens (including phenoxy) is 2. The van der Waals surface area contributed by atoms with E-state index in [1.165, 1.54) is 4.57 Å². The molecule has 2 aromatic carbocycles. The van der Waals surface area contributed by atoms with Crippen molar-refractivity contribution >= 4 is 34.5 Å². The molecule has 0 unspecified atom stereocenters. The molecule has 1 amide bonds. The Morgan fingerprint density at radius 2 is 1.97 bits per heavy atom. The van der Waals surface area contributed by atoms with Crippen molar-refractivity contribution in [3.63, 3.8) is 0 Å². The average Bonchev–Trinajstić information content (AvgIpc) is 3.32. The number of nitrogens with zero attached hydrogens (tertiary/aromatic N) is 2. The molecule has 2 aliphatic rings. The van der Waals surface area contributed by atoms with Gasteiger partial charge in [-0.05, 0) is 50.6 Å². The Morgan fingerprint density at radius 3 is 2.71 bits per heavy atom. The molecule has 1 N–H and O–H groups in total. The number of allylic oxidation sites excluding steroid dienone is 1. The summed E-state index contributed by atoms with van der Waals surface area (Å²) < 4.78 is 12.5. The van der Waals surface area contributed by atoms with Crippen molar-refractivity contribution in [2.45, 2.75) is 26.8 Å². The zero-order valence-electron chi connectivity index (χ0n) is 19.7. The standard InChI is InChI=1S/C26H23N3O5S/c1-5-34-25(32)19-14(3)27-26-29(21(19)15-7-6-8-16(12-15)33-4)24(31)22(35-26)20-17-11-13(2)9-10-18(17)28-23(20)30/h6-12,21H,5H2,1-4H3,(H,28,30)/b22-20-/t21-/m0/s1. The van der Waals surface area contributed by atoms with Gasteiger partial charge in [0.05, 0.1) is 36.6 Å². The summed E-state index contributed by atoms with van der Waals surface area (Å²) in [4.78, 5) is 44.9. The molecule has 3 aromatic rings. The predicted molar refractivity (Wildman–Crippen MR) is 132 cm³/mol. The first-order valence-corrected chi connectivity index (χ1v) is 11.9. The number of amides is 1. The molecule has 0 aliphatic carbocycles. The monoisotopic (exact) mass is 489 g/mol. The molecule has 3 heterocycles. The van der Waals surface area contributed by atoms with Crippen LogP contribution in [0.25, 0.3) is 5.57 Å². The van der Waals surface area contributed by atoms with E-state index in [0.29, 0.717) is 38.6 Å². The maximum Gasteiger partial charge on any atom is 0.338 e. The van der Waals surface area contributed by atoms with Crippen LogP contribution in [0.1, 0.15) is 36.6 Å². The van der Waals surface area contributed by atoms with Gasteiger partial charge < -0.3 is 14.8 Å². The zero-order valence-corrected chi connectivity index (χ0v) is 20.5. The van der Waals surface area contributed by atoms with Crippen LogP contribution in [-0.4, -0.2) is 30.2 Å². The highest BCUT2D eigenvalue weighted by molar-refractivity contribution is 7.07. The Bertz CT molecular complexity index is 1610. The molecule has 2 aliphatic heterocycles. The Kier molecular flexibility index (Phi) is 5.64. The Balaban J connectivity index is 1.83. The number of benzene rings is 2. The Morgan fingerprint density at radius 1 is 1.17 bits per heavy atom. The van der Waals surface area contributed by atoms with Gasteiger partial charge in [-0.3, -0.25) is 14.2 Å². The number of hydrogen-bond donors (Lipinski definition) is 1. The lowest BCUT2D eigenvalue weighted by Gasteiger charge is -2.25. The maximum absolute atomic E-state index is 13.9. The first kappa shape index (κ1) is 22.8. The second-order valence-electron chi connectivity index (χ2n) is 8.28. The molecule has 1 aromatic heterocycles. The van der Waals surface area contributed by atoms with Gasteiger partial charge >= 0.3 is 5.97 Å². The number of carbonyl (C=O) groups is 2. The van der Waals surface area contributed by atoms with E-state index < -0.39 is 17.6 Å². The number of nitrogens with one attached hydrogen (secondary N) is 1. The van der Waals surface area contributed by atoms with Gasteiger partial charge in [0.15, 0.2) is 4.80 Å². The van der Waals surface area contributed by atoms with Crippen LogP contribution < -0.4 is 24.9 Å². The molecule has 178 valence electrons. The second kappa shape index (κ2) is 8.66. The van der Waals surface area contributed by atoms with Crippen molar-refractivity contribution in [3.8, 4) is 5.75 Å². The van der Waals surface area contributed by atoms with Crippen LogP contribution >= 0.6 is 11.3 Å². The summed E-state index contributed by atoms with van der Waals surface area (Å²) in [6.45, 7) is 5.57. The average molecular weight is 490 g/mol. The molecule has 0 fully saturated rings. The number of aryl methyl sites for hydroxylation is 1. The lowest BCUT2D eigenvalue weighted by atomic mass is 9.95. The third kappa shape index (κ3) is 3.68. The number of hydrogen-bond acceptors (Lipinski definition) is 7. The number of methoxy groups -OCH3 is 1. The van der Waals surface area contributed by atoms with Gasteiger partial charge in [-0.1, -0.05) is 35.1 Å². The number of esters is 1. The molecule has 0 saturated heterocycles. The van der Waals surface area contributed by atoms with Gasteiger partial charge in [0.1, 0.15) is 10.3 Å². The molecule has 1 atom stereocenters. The highest BCUT2D eigenvalue weighted by Gasteiger charge is 2.35. The summed E-state index contributed by atoms with van der Waals surface area (Å²) in [6.07, 6.45) is 0. The van der Waals surface area contributed by atoms with Gasteiger partial charge in [0, 0.05) is 11.3 Å². The van der Waals surface area contributed by atoms with Crippen molar-refractivity contribution in [1.29, 1.82) is 0 Å². The highest BCUT2D eigenvalue weighted by atomic mass is 32.1. The van der Waals surface area contributed by atoms with E-state index in [2.05, 4.69) is 10.3 Å². The summed E-state index contributed by atoms with van der Waals surface area (Å²) in [6, 6.07) is 12.0. The van der Waals surface area contributed by atoms with Crippen molar-refractivity contribution in [3.05, 3.63) is 90.1 Å². The van der Waals surface area contributed by atoms with E-state index in [1.54, 1.807) is 39.2 Å². The fourth-order valence-corrected chi connectivity index (χ4v) is 5.62. The largest absolute Gasteiger partial charge is 0.497 e. The number of fused-ring (bicyclic) bond motifs is 2. The van der Waals surface area contributed by atoms with Crippen molar-refractivity contribution in [2.24, 2.45) is 4.99 Å². The quantitative estimate of drug-likeness (QED) is 0.568. The summed E-state index contributed by atoms with van der Waals surface area (Å²) in [7, 11) is 1.55. The van der Waals surface area contributed by atoms with E-state index >= 15 is 0 Å². The van der Waals surface area contributed by atoms with E-state index in [9.17, 15) is 14.4 Å². The fourth-order valence-electron chi connectivity index (χ4n) is 4.48. The van der Waals surface area contributed by atoms with Crippen LogP contribution in [-0.2, 0) is 14.3 Å². The third-order valence-corrected chi connectivity index (χ3v) is 7.10. The Labute approximate surface area is 204 Å². The van der Waals surface area contributed by atoms with E-state index in [1.807, 2.05) is 31.2 Å². The van der Waals surface area contributed by atoms with Gasteiger partial charge in [0.25, 0.3) is 11.5 Å². The summed E-state index contributed by atoms with van der Waals surface area (Å²) in [5.74, 6) is -0.292. The molecule has 35 heavy (non-hydrogen) atoms. The third-order valence-electron chi connectivity index (χ3n) is 6.05. The molecule has 0 radical (unpaired) electrons. The second-order valence-corrected chi connectivity index (χ2v) is 9.26. The molecule has 8 nitrogen and oxygen atoms in total. The first-order chi connectivity index (χ1) is 16.8. The van der Waals surface area contributed by atoms with Crippen LogP contribution in [0.5, 0.6) is 5.75 Å². The molecule has 0 spiro atoms. The maximum atomic E-state index is 13.9. The summed E-state index contributed by atoms with van der Waals surface area (Å²) in [5, 5.41) is 2.84. The molecular weight excluding hydrogens is 466 g/mol. The SMILES string of the molecule is CCOC(=O)C1=C(C)N=c2s/c(=C3\C(=O)Nc4ccc(C)cc43)c(=O)n2[C@H]1c1cccc(OC)c1. The van der Waals surface area contributed by atoms with Crippen LogP contribution in [0, 0.1) is 6.92 Å². The van der Waals surface area contributed by atoms with Crippen molar-refractivity contribution in [1.82, 2.24) is 4.57 Å². The lowest BCUT2D eigenvalue weighted by molar-refractivity contribution is -0.139. The minimum atomic E-state index is -0.781. The van der Waals surface area contributed by atoms with Gasteiger partial charge in [-0.2, -0.15) is 0 Å². The number of anilines is 1. The van der Waals surface area contributed by atoms with Gasteiger partial charge in [0.2, 0.25) is 0 Å². The van der Waals surface area contributed by atoms with Crippen molar-refractivity contribution < 1.29 is 19.1 Å². The topological polar surface area (TPSA) is 99.0 Å². The van der Waals surface area contributed by atoms with Gasteiger partial charge in [-0.25, -0.2) is 9.79 Å². The number of thiazole rings is 1. The lowest BCUT2D eigenvalue weighted by Crippen LogP contribution is -2.40.